The van der Waals surface area contributed by atoms with Crippen molar-refractivity contribution in [3.8, 4) is 16.9 Å². The summed E-state index contributed by atoms with van der Waals surface area (Å²) in [7, 11) is 2.93. The molecule has 4 aromatic rings. The van der Waals surface area contributed by atoms with Crippen LogP contribution in [-0.2, 0) is 11.3 Å². The molecule has 0 saturated heterocycles. The number of nitrogens with zero attached hydrogens (tertiary/aromatic N) is 3. The van der Waals surface area contributed by atoms with E-state index in [2.05, 4.69) is 15.4 Å². The van der Waals surface area contributed by atoms with Crippen molar-refractivity contribution in [2.45, 2.75) is 6.61 Å². The van der Waals surface area contributed by atoms with Crippen LogP contribution in [0.15, 0.2) is 60.8 Å². The Hall–Kier alpha value is -3.91. The molecule has 0 radical (unpaired) electrons. The number of carbonyl (C=O) groups excluding carboxylic acids is 1. The highest BCUT2D eigenvalue weighted by Crippen LogP contribution is 2.29. The van der Waals surface area contributed by atoms with Crippen LogP contribution in [0.5, 0.6) is 5.75 Å². The number of nitrogens with one attached hydrogen (secondary N) is 1. The molecule has 0 saturated carbocycles. The topological polar surface area (TPSA) is 98.0 Å². The molecule has 8 nitrogen and oxygen atoms in total. The van der Waals surface area contributed by atoms with Gasteiger partial charge in [-0.05, 0) is 65.7 Å². The van der Waals surface area contributed by atoms with Crippen molar-refractivity contribution in [1.29, 1.82) is 0 Å². The number of esters is 1. The lowest BCUT2D eigenvalue weighted by atomic mass is 10.0. The molecule has 0 amide bonds. The minimum Gasteiger partial charge on any atom is -0.497 e. The third-order valence-corrected chi connectivity index (χ3v) is 4.62. The Bertz CT molecular complexity index is 1180. The minimum absolute atomic E-state index is 0.0889. The lowest BCUT2D eigenvalue weighted by Gasteiger charge is -2.08. The van der Waals surface area contributed by atoms with Crippen LogP contribution in [0.3, 0.4) is 0 Å². The number of aromatic nitrogens is 3. The molecule has 0 fully saturated rings. The fourth-order valence-corrected chi connectivity index (χ4v) is 3.15. The summed E-state index contributed by atoms with van der Waals surface area (Å²) in [6.07, 6.45) is 1.81. The van der Waals surface area contributed by atoms with Crippen molar-refractivity contribution in [2.75, 3.05) is 19.5 Å². The van der Waals surface area contributed by atoms with E-state index in [-0.39, 0.29) is 6.61 Å². The zero-order valence-electron chi connectivity index (χ0n) is 16.5. The number of anilines is 2. The Morgan fingerprint density at radius 2 is 1.93 bits per heavy atom. The summed E-state index contributed by atoms with van der Waals surface area (Å²) in [5.74, 6) is 0.679. The molecule has 30 heavy (non-hydrogen) atoms. The fourth-order valence-electron chi connectivity index (χ4n) is 3.15. The Morgan fingerprint density at radius 3 is 2.63 bits per heavy atom. The third-order valence-electron chi connectivity index (χ3n) is 4.62. The third kappa shape index (κ3) is 3.81. The number of methoxy groups -OCH3 is 2. The average Bonchev–Trinajstić information content (AvgIpc) is 3.21. The van der Waals surface area contributed by atoms with Gasteiger partial charge in [-0.3, -0.25) is 0 Å². The number of aliphatic hydroxyl groups is 1. The molecule has 2 aromatic carbocycles. The van der Waals surface area contributed by atoms with E-state index in [1.807, 2.05) is 30.5 Å². The molecular formula is C22H20N4O4. The van der Waals surface area contributed by atoms with Gasteiger partial charge in [0.2, 0.25) is 5.95 Å². The Balaban J connectivity index is 1.68. The van der Waals surface area contributed by atoms with Gasteiger partial charge in [0.25, 0.3) is 0 Å². The molecule has 0 aliphatic heterocycles. The van der Waals surface area contributed by atoms with Crippen LogP contribution in [0.25, 0.3) is 16.8 Å². The van der Waals surface area contributed by atoms with E-state index in [1.165, 1.54) is 7.11 Å². The van der Waals surface area contributed by atoms with Gasteiger partial charge in [0.1, 0.15) is 5.75 Å². The first-order chi connectivity index (χ1) is 14.6. The Morgan fingerprint density at radius 1 is 1.13 bits per heavy atom. The molecule has 0 aliphatic rings. The maximum atomic E-state index is 11.6. The zero-order valence-corrected chi connectivity index (χ0v) is 16.5. The number of hydrogen-bond acceptors (Lipinski definition) is 7. The lowest BCUT2D eigenvalue weighted by Crippen LogP contribution is -2.01. The first kappa shape index (κ1) is 19.4. The SMILES string of the molecule is COC(=O)c1ccc(Nc2nc3c(-c4cc(CO)cc(OC)c4)cccn3n2)cc1. The second kappa shape index (κ2) is 8.22. The molecule has 0 spiro atoms. The van der Waals surface area contributed by atoms with Gasteiger partial charge in [-0.15, -0.1) is 5.10 Å². The van der Waals surface area contributed by atoms with Gasteiger partial charge >= 0.3 is 5.97 Å². The summed E-state index contributed by atoms with van der Waals surface area (Å²) in [4.78, 5) is 16.2. The van der Waals surface area contributed by atoms with E-state index in [0.717, 1.165) is 22.4 Å². The van der Waals surface area contributed by atoms with Gasteiger partial charge in [-0.25, -0.2) is 9.31 Å². The van der Waals surface area contributed by atoms with Gasteiger partial charge in [-0.1, -0.05) is 0 Å². The summed E-state index contributed by atoms with van der Waals surface area (Å²) in [6.45, 7) is -0.0889. The Kier molecular flexibility index (Phi) is 5.32. The highest BCUT2D eigenvalue weighted by molar-refractivity contribution is 5.89. The summed E-state index contributed by atoms with van der Waals surface area (Å²) >= 11 is 0. The number of carbonyl (C=O) groups is 1. The zero-order chi connectivity index (χ0) is 21.1. The quantitative estimate of drug-likeness (QED) is 0.475. The predicted molar refractivity (Wildman–Crippen MR) is 112 cm³/mol. The summed E-state index contributed by atoms with van der Waals surface area (Å²) < 4.78 is 11.7. The van der Waals surface area contributed by atoms with Crippen molar-refractivity contribution in [2.24, 2.45) is 0 Å². The van der Waals surface area contributed by atoms with Crippen molar-refractivity contribution in [3.05, 3.63) is 71.9 Å². The first-order valence-electron chi connectivity index (χ1n) is 9.21. The van der Waals surface area contributed by atoms with E-state index in [4.69, 9.17) is 9.47 Å². The largest absolute Gasteiger partial charge is 0.497 e. The Labute approximate surface area is 172 Å². The van der Waals surface area contributed by atoms with E-state index in [9.17, 15) is 9.90 Å². The molecule has 152 valence electrons. The van der Waals surface area contributed by atoms with Crippen molar-refractivity contribution in [1.82, 2.24) is 14.6 Å². The number of aliphatic hydroxyl groups excluding tert-OH is 1. The molecule has 0 unspecified atom stereocenters. The molecule has 8 heteroatoms. The van der Waals surface area contributed by atoms with E-state index >= 15 is 0 Å². The number of rotatable bonds is 6. The van der Waals surface area contributed by atoms with Crippen molar-refractivity contribution in [3.63, 3.8) is 0 Å². The minimum atomic E-state index is -0.391. The van der Waals surface area contributed by atoms with Crippen LogP contribution in [0.1, 0.15) is 15.9 Å². The molecule has 0 atom stereocenters. The fraction of sp³-hybridized carbons (Fsp3) is 0.136. The summed E-state index contributed by atoms with van der Waals surface area (Å²) in [6, 6.07) is 16.2. The van der Waals surface area contributed by atoms with E-state index in [1.54, 1.807) is 42.0 Å². The van der Waals surface area contributed by atoms with Crippen molar-refractivity contribution >= 4 is 23.3 Å². The lowest BCUT2D eigenvalue weighted by molar-refractivity contribution is 0.0601. The number of hydrogen-bond donors (Lipinski definition) is 2. The van der Waals surface area contributed by atoms with E-state index < -0.39 is 5.97 Å². The van der Waals surface area contributed by atoms with Gasteiger partial charge in [0.15, 0.2) is 5.65 Å². The van der Waals surface area contributed by atoms with Crippen LogP contribution in [0, 0.1) is 0 Å². The maximum absolute atomic E-state index is 11.6. The van der Waals surface area contributed by atoms with Crippen LogP contribution < -0.4 is 10.1 Å². The summed E-state index contributed by atoms with van der Waals surface area (Å²) in [5.41, 5.74) is 4.33. The number of ether oxygens (including phenoxy) is 2. The highest BCUT2D eigenvalue weighted by atomic mass is 16.5. The molecule has 0 aliphatic carbocycles. The maximum Gasteiger partial charge on any atom is 0.337 e. The van der Waals surface area contributed by atoms with Crippen LogP contribution in [0.4, 0.5) is 11.6 Å². The van der Waals surface area contributed by atoms with Gasteiger partial charge in [-0.2, -0.15) is 4.98 Å². The van der Waals surface area contributed by atoms with Crippen molar-refractivity contribution < 1.29 is 19.4 Å². The predicted octanol–water partition coefficient (Wildman–Crippen LogP) is 3.43. The van der Waals surface area contributed by atoms with Crippen LogP contribution >= 0.6 is 0 Å². The monoisotopic (exact) mass is 404 g/mol. The number of fused-ring (bicyclic) bond motifs is 1. The molecule has 2 N–H and O–H groups in total. The second-order valence-electron chi connectivity index (χ2n) is 6.55. The molecule has 4 rings (SSSR count). The van der Waals surface area contributed by atoms with Gasteiger partial charge in [0.05, 0.1) is 26.4 Å². The molecule has 0 bridgehead atoms. The summed E-state index contributed by atoms with van der Waals surface area (Å²) in [5, 5.41) is 17.2. The van der Waals surface area contributed by atoms with Gasteiger partial charge < -0.3 is 19.9 Å². The van der Waals surface area contributed by atoms with Gasteiger partial charge in [0, 0.05) is 17.4 Å². The second-order valence-corrected chi connectivity index (χ2v) is 6.55. The molecule has 2 aromatic heterocycles. The number of benzene rings is 2. The average molecular weight is 404 g/mol. The smallest absolute Gasteiger partial charge is 0.337 e. The molecular weight excluding hydrogens is 384 g/mol. The van der Waals surface area contributed by atoms with Crippen LogP contribution in [0.2, 0.25) is 0 Å². The van der Waals surface area contributed by atoms with E-state index in [0.29, 0.717) is 22.9 Å². The highest BCUT2D eigenvalue weighted by Gasteiger charge is 2.12. The number of pyridine rings is 1. The first-order valence-corrected chi connectivity index (χ1v) is 9.21. The molecule has 2 heterocycles. The normalized spacial score (nSPS) is 10.8. The standard InChI is InChI=1S/C22H20N4O4/c1-29-18-11-14(13-27)10-16(12-18)19-4-3-9-26-20(19)24-22(25-26)23-17-7-5-15(6-8-17)21(28)30-2/h3-12,27H,13H2,1-2H3,(H,23,25). The van der Waals surface area contributed by atoms with Crippen LogP contribution in [-0.4, -0.2) is 39.9 Å².